The van der Waals surface area contributed by atoms with Gasteiger partial charge in [0.15, 0.2) is 0 Å². The normalized spacial score (nSPS) is 12.5. The summed E-state index contributed by atoms with van der Waals surface area (Å²) in [6.45, 7) is 1.43. The Hall–Kier alpha value is -1.42. The first-order valence-electron chi connectivity index (χ1n) is 9.81. The van der Waals surface area contributed by atoms with Gasteiger partial charge in [-0.1, -0.05) is 73.3 Å². The molecule has 10 heteroatoms. The lowest BCUT2D eigenvalue weighted by molar-refractivity contribution is -0.122. The second-order valence-corrected chi connectivity index (χ2v) is 11.9. The fourth-order valence-electron chi connectivity index (χ4n) is 3.13. The van der Waals surface area contributed by atoms with Crippen molar-refractivity contribution in [1.82, 2.24) is 9.62 Å². The number of hydrogen-bond acceptors (Lipinski definition) is 3. The van der Waals surface area contributed by atoms with E-state index in [1.54, 1.807) is 30.3 Å². The first-order chi connectivity index (χ1) is 15.6. The summed E-state index contributed by atoms with van der Waals surface area (Å²) in [5.74, 6) is -0.428. The second kappa shape index (κ2) is 11.3. The second-order valence-electron chi connectivity index (χ2n) is 7.32. The number of halogens is 4. The Morgan fingerprint density at radius 1 is 0.970 bits per heavy atom. The summed E-state index contributed by atoms with van der Waals surface area (Å²) < 4.78 is 29.6. The van der Waals surface area contributed by atoms with Gasteiger partial charge < -0.3 is 5.32 Å². The number of sulfonamides is 1. The quantitative estimate of drug-likeness (QED) is 0.304. The molecule has 0 aliphatic rings. The lowest BCUT2D eigenvalue weighted by Crippen LogP contribution is -2.41. The van der Waals surface area contributed by atoms with E-state index in [-0.39, 0.29) is 24.0 Å². The van der Waals surface area contributed by atoms with Crippen LogP contribution in [0.15, 0.2) is 80.6 Å². The number of rotatable bonds is 8. The van der Waals surface area contributed by atoms with E-state index in [1.165, 1.54) is 12.1 Å². The Kier molecular flexibility index (Phi) is 9.00. The van der Waals surface area contributed by atoms with Crippen LogP contribution in [0.4, 0.5) is 0 Å². The third kappa shape index (κ3) is 7.04. The zero-order valence-corrected chi connectivity index (χ0v) is 22.9. The Bertz CT molecular complexity index is 1250. The molecule has 174 valence electrons. The maximum atomic E-state index is 13.4. The molecular formula is C23H20Br2Cl2N2O3S. The molecule has 0 unspecified atom stereocenters. The standard InChI is InChI=1S/C23H20Br2Cl2N2O3S/c1-15(17-3-2-4-19(25)12-17)28-23(30)14-29(13-16-5-10-21(26)22(27)11-16)33(31,32)20-8-6-18(24)7-9-20/h2-12,15H,13-14H2,1H3,(H,28,30)/t15-/m0/s1. The van der Waals surface area contributed by atoms with E-state index in [0.717, 1.165) is 18.8 Å². The molecule has 1 N–H and O–H groups in total. The number of carbonyl (C=O) groups is 1. The minimum absolute atomic E-state index is 0.0476. The summed E-state index contributed by atoms with van der Waals surface area (Å²) in [4.78, 5) is 13.0. The molecule has 0 aromatic heterocycles. The van der Waals surface area contributed by atoms with Crippen LogP contribution in [-0.2, 0) is 21.4 Å². The Balaban J connectivity index is 1.86. The van der Waals surface area contributed by atoms with Crippen LogP contribution in [0.5, 0.6) is 0 Å². The predicted molar refractivity (Wildman–Crippen MR) is 139 cm³/mol. The van der Waals surface area contributed by atoms with Crippen molar-refractivity contribution in [3.8, 4) is 0 Å². The molecule has 1 atom stereocenters. The molecule has 0 saturated carbocycles. The summed E-state index contributed by atoms with van der Waals surface area (Å²) in [6, 6.07) is 18.4. The summed E-state index contributed by atoms with van der Waals surface area (Å²) >= 11 is 18.8. The fourth-order valence-corrected chi connectivity index (χ4v) is 5.52. The van der Waals surface area contributed by atoms with E-state index < -0.39 is 15.9 Å². The van der Waals surface area contributed by atoms with Crippen molar-refractivity contribution < 1.29 is 13.2 Å². The van der Waals surface area contributed by atoms with Gasteiger partial charge in [0.25, 0.3) is 0 Å². The minimum Gasteiger partial charge on any atom is -0.348 e. The average Bonchev–Trinajstić information content (AvgIpc) is 2.76. The molecule has 0 heterocycles. The average molecular weight is 635 g/mol. The molecule has 33 heavy (non-hydrogen) atoms. The van der Waals surface area contributed by atoms with E-state index in [4.69, 9.17) is 23.2 Å². The van der Waals surface area contributed by atoms with Crippen molar-refractivity contribution in [2.75, 3.05) is 6.54 Å². The molecule has 5 nitrogen and oxygen atoms in total. The highest BCUT2D eigenvalue weighted by Crippen LogP contribution is 2.26. The lowest BCUT2D eigenvalue weighted by Gasteiger charge is -2.23. The fraction of sp³-hybridized carbons (Fsp3) is 0.174. The van der Waals surface area contributed by atoms with Gasteiger partial charge in [-0.25, -0.2) is 8.42 Å². The molecule has 3 aromatic rings. The minimum atomic E-state index is -3.97. The molecule has 0 aliphatic carbocycles. The molecular weight excluding hydrogens is 615 g/mol. The van der Waals surface area contributed by atoms with E-state index in [9.17, 15) is 13.2 Å². The number of benzene rings is 3. The number of carbonyl (C=O) groups excluding carboxylic acids is 1. The van der Waals surface area contributed by atoms with Crippen LogP contribution in [0, 0.1) is 0 Å². The molecule has 3 rings (SSSR count). The van der Waals surface area contributed by atoms with Gasteiger partial charge >= 0.3 is 0 Å². The maximum Gasteiger partial charge on any atom is 0.243 e. The SMILES string of the molecule is C[C@H](NC(=O)CN(Cc1ccc(Cl)c(Cl)c1)S(=O)(=O)c1ccc(Br)cc1)c1cccc(Br)c1. The van der Waals surface area contributed by atoms with Crippen molar-refractivity contribution in [2.24, 2.45) is 0 Å². The smallest absolute Gasteiger partial charge is 0.243 e. The molecule has 0 spiro atoms. The topological polar surface area (TPSA) is 66.5 Å². The summed E-state index contributed by atoms with van der Waals surface area (Å²) in [5.41, 5.74) is 1.50. The van der Waals surface area contributed by atoms with E-state index in [0.29, 0.717) is 15.6 Å². The molecule has 1 amide bonds. The Morgan fingerprint density at radius 2 is 1.67 bits per heavy atom. The van der Waals surface area contributed by atoms with Gasteiger partial charge in [0.2, 0.25) is 15.9 Å². The van der Waals surface area contributed by atoms with Crippen molar-refractivity contribution in [2.45, 2.75) is 24.4 Å². The first-order valence-corrected chi connectivity index (χ1v) is 13.6. The highest BCUT2D eigenvalue weighted by Gasteiger charge is 2.27. The molecule has 3 aromatic carbocycles. The zero-order valence-electron chi connectivity index (χ0n) is 17.4. The van der Waals surface area contributed by atoms with Crippen LogP contribution in [0.2, 0.25) is 10.0 Å². The zero-order chi connectivity index (χ0) is 24.2. The van der Waals surface area contributed by atoms with Gasteiger partial charge in [0.1, 0.15) is 0 Å². The van der Waals surface area contributed by atoms with Crippen LogP contribution in [0.25, 0.3) is 0 Å². The van der Waals surface area contributed by atoms with Crippen molar-refractivity contribution in [1.29, 1.82) is 0 Å². The van der Waals surface area contributed by atoms with Crippen LogP contribution >= 0.6 is 55.1 Å². The number of nitrogens with one attached hydrogen (secondary N) is 1. The van der Waals surface area contributed by atoms with Crippen LogP contribution in [0.1, 0.15) is 24.1 Å². The van der Waals surface area contributed by atoms with E-state index in [1.807, 2.05) is 31.2 Å². The molecule has 0 saturated heterocycles. The summed E-state index contributed by atoms with van der Waals surface area (Å²) in [5, 5.41) is 3.54. The largest absolute Gasteiger partial charge is 0.348 e. The first kappa shape index (κ1) is 26.2. The lowest BCUT2D eigenvalue weighted by atomic mass is 10.1. The van der Waals surface area contributed by atoms with Gasteiger partial charge in [-0.15, -0.1) is 0 Å². The van der Waals surface area contributed by atoms with Gasteiger partial charge in [0.05, 0.1) is 27.5 Å². The molecule has 0 fully saturated rings. The number of hydrogen-bond donors (Lipinski definition) is 1. The predicted octanol–water partition coefficient (Wildman–Crippen LogP) is 6.59. The van der Waals surface area contributed by atoms with Crippen molar-refractivity contribution >= 4 is 71.0 Å². The highest BCUT2D eigenvalue weighted by molar-refractivity contribution is 9.10. The van der Waals surface area contributed by atoms with Crippen LogP contribution < -0.4 is 5.32 Å². The third-order valence-electron chi connectivity index (χ3n) is 4.84. The van der Waals surface area contributed by atoms with Gasteiger partial charge in [-0.3, -0.25) is 4.79 Å². The molecule has 0 aliphatic heterocycles. The van der Waals surface area contributed by atoms with Crippen molar-refractivity contribution in [3.63, 3.8) is 0 Å². The highest BCUT2D eigenvalue weighted by atomic mass is 79.9. The number of nitrogens with zero attached hydrogens (tertiary/aromatic N) is 1. The Labute approximate surface area is 220 Å². The Morgan fingerprint density at radius 3 is 2.30 bits per heavy atom. The van der Waals surface area contributed by atoms with E-state index >= 15 is 0 Å². The summed E-state index contributed by atoms with van der Waals surface area (Å²) in [7, 11) is -3.97. The molecule has 0 radical (unpaired) electrons. The van der Waals surface area contributed by atoms with Gasteiger partial charge in [-0.2, -0.15) is 4.31 Å². The summed E-state index contributed by atoms with van der Waals surface area (Å²) in [6.07, 6.45) is 0. The van der Waals surface area contributed by atoms with Crippen molar-refractivity contribution in [3.05, 3.63) is 96.8 Å². The molecule has 0 bridgehead atoms. The number of amides is 1. The van der Waals surface area contributed by atoms with Gasteiger partial charge in [0, 0.05) is 15.5 Å². The monoisotopic (exact) mass is 632 g/mol. The third-order valence-corrected chi connectivity index (χ3v) is 8.41. The maximum absolute atomic E-state index is 13.4. The van der Waals surface area contributed by atoms with Gasteiger partial charge in [-0.05, 0) is 66.6 Å². The van der Waals surface area contributed by atoms with Crippen LogP contribution in [0.3, 0.4) is 0 Å². The van der Waals surface area contributed by atoms with E-state index in [2.05, 4.69) is 37.2 Å². The van der Waals surface area contributed by atoms with Crippen LogP contribution in [-0.4, -0.2) is 25.2 Å².